The highest BCUT2D eigenvalue weighted by atomic mass is 16.5. The van der Waals surface area contributed by atoms with E-state index in [1.54, 1.807) is 13.8 Å². The van der Waals surface area contributed by atoms with Gasteiger partial charge in [-0.15, -0.1) is 0 Å². The Morgan fingerprint density at radius 2 is 1.84 bits per heavy atom. The lowest BCUT2D eigenvalue weighted by Gasteiger charge is -2.18. The van der Waals surface area contributed by atoms with E-state index in [9.17, 15) is 15.0 Å². The van der Waals surface area contributed by atoms with Gasteiger partial charge in [-0.2, -0.15) is 0 Å². The molecule has 0 aliphatic rings. The maximum atomic E-state index is 11.7. The van der Waals surface area contributed by atoms with Crippen molar-refractivity contribution in [3.63, 3.8) is 0 Å². The van der Waals surface area contributed by atoms with Crippen molar-refractivity contribution in [3.05, 3.63) is 11.6 Å². The predicted molar refractivity (Wildman–Crippen MR) is 73.9 cm³/mol. The van der Waals surface area contributed by atoms with Crippen molar-refractivity contribution < 1.29 is 19.7 Å². The molecule has 0 atom stereocenters. The predicted octanol–water partition coefficient (Wildman–Crippen LogP) is 2.82. The van der Waals surface area contributed by atoms with Gasteiger partial charge in [-0.3, -0.25) is 4.79 Å². The summed E-state index contributed by atoms with van der Waals surface area (Å²) in [7, 11) is 1.42. The number of carbonyl (C=O) groups excluding carboxylic acids is 1. The van der Waals surface area contributed by atoms with E-state index in [0.29, 0.717) is 5.56 Å². The van der Waals surface area contributed by atoms with Gasteiger partial charge in [-0.1, -0.05) is 27.7 Å². The molecule has 0 aliphatic carbocycles. The second kappa shape index (κ2) is 5.82. The zero-order valence-corrected chi connectivity index (χ0v) is 11.9. The third kappa shape index (κ3) is 3.10. The Balaban J connectivity index is 3.32. The highest BCUT2D eigenvalue weighted by molar-refractivity contribution is 5.94. The number of amides is 1. The van der Waals surface area contributed by atoms with E-state index >= 15 is 0 Å². The second-order valence-corrected chi connectivity index (χ2v) is 5.04. The van der Waals surface area contributed by atoms with Crippen LogP contribution in [0.15, 0.2) is 6.07 Å². The molecule has 1 aromatic carbocycles. The Morgan fingerprint density at radius 3 is 2.26 bits per heavy atom. The van der Waals surface area contributed by atoms with Crippen LogP contribution in [0.25, 0.3) is 0 Å². The Labute approximate surface area is 113 Å². The standard InChI is InChI=1S/C14H21NO4/c1-7(2)11-12(17)9(15-14(18)8(3)4)6-10(16)13(11)19-5/h6-8,16-17H,1-5H3,(H,15,18). The molecule has 0 fully saturated rings. The molecule has 0 bridgehead atoms. The van der Waals surface area contributed by atoms with Gasteiger partial charge >= 0.3 is 0 Å². The van der Waals surface area contributed by atoms with Crippen LogP contribution in [0.3, 0.4) is 0 Å². The molecule has 0 saturated heterocycles. The van der Waals surface area contributed by atoms with Gasteiger partial charge in [-0.05, 0) is 5.92 Å². The first-order valence-electron chi connectivity index (χ1n) is 6.23. The molecule has 0 aliphatic heterocycles. The summed E-state index contributed by atoms with van der Waals surface area (Å²) in [5.74, 6) is -0.450. The quantitative estimate of drug-likeness (QED) is 0.579. The Hall–Kier alpha value is -1.91. The summed E-state index contributed by atoms with van der Waals surface area (Å²) in [6.45, 7) is 7.23. The van der Waals surface area contributed by atoms with Crippen molar-refractivity contribution >= 4 is 11.6 Å². The van der Waals surface area contributed by atoms with Gasteiger partial charge < -0.3 is 20.3 Å². The van der Waals surface area contributed by atoms with Crippen molar-refractivity contribution in [1.29, 1.82) is 0 Å². The zero-order chi connectivity index (χ0) is 14.7. The maximum Gasteiger partial charge on any atom is 0.227 e. The van der Waals surface area contributed by atoms with E-state index in [-0.39, 0.29) is 40.7 Å². The SMILES string of the molecule is COc1c(O)cc(NC(=O)C(C)C)c(O)c1C(C)C. The molecule has 0 saturated carbocycles. The molecule has 1 rings (SSSR count). The summed E-state index contributed by atoms with van der Waals surface area (Å²) >= 11 is 0. The van der Waals surface area contributed by atoms with Crippen LogP contribution in [-0.2, 0) is 4.79 Å². The molecule has 106 valence electrons. The Bertz CT molecular complexity index is 481. The fourth-order valence-corrected chi connectivity index (χ4v) is 1.78. The lowest BCUT2D eigenvalue weighted by atomic mass is 9.99. The topological polar surface area (TPSA) is 78.8 Å². The highest BCUT2D eigenvalue weighted by Gasteiger charge is 2.22. The number of benzene rings is 1. The number of anilines is 1. The van der Waals surface area contributed by atoms with E-state index in [1.165, 1.54) is 13.2 Å². The number of aromatic hydroxyl groups is 2. The fraction of sp³-hybridized carbons (Fsp3) is 0.500. The molecule has 1 aromatic rings. The smallest absolute Gasteiger partial charge is 0.227 e. The minimum absolute atomic E-state index is 0.0586. The van der Waals surface area contributed by atoms with Crippen LogP contribution in [-0.4, -0.2) is 23.2 Å². The molecule has 5 heteroatoms. The van der Waals surface area contributed by atoms with Gasteiger partial charge in [0.05, 0.1) is 12.8 Å². The first-order valence-corrected chi connectivity index (χ1v) is 6.23. The molecule has 0 unspecified atom stereocenters. The average Bonchev–Trinajstić information content (AvgIpc) is 2.31. The van der Waals surface area contributed by atoms with Crippen LogP contribution in [0.4, 0.5) is 5.69 Å². The lowest BCUT2D eigenvalue weighted by molar-refractivity contribution is -0.118. The summed E-state index contributed by atoms with van der Waals surface area (Å²) in [6, 6.07) is 1.29. The number of phenolic OH excluding ortho intramolecular Hbond substituents is 2. The summed E-state index contributed by atoms with van der Waals surface area (Å²) in [6.07, 6.45) is 0. The van der Waals surface area contributed by atoms with Crippen LogP contribution in [0, 0.1) is 5.92 Å². The largest absolute Gasteiger partial charge is 0.505 e. The average molecular weight is 267 g/mol. The Morgan fingerprint density at radius 1 is 1.26 bits per heavy atom. The van der Waals surface area contributed by atoms with Gasteiger partial charge in [0.25, 0.3) is 0 Å². The first kappa shape index (κ1) is 15.1. The lowest BCUT2D eigenvalue weighted by Crippen LogP contribution is -2.18. The highest BCUT2D eigenvalue weighted by Crippen LogP contribution is 2.45. The third-order valence-corrected chi connectivity index (χ3v) is 2.83. The minimum atomic E-state index is -0.227. The number of hydrogen-bond acceptors (Lipinski definition) is 4. The van der Waals surface area contributed by atoms with Gasteiger partial charge in [0.15, 0.2) is 11.5 Å². The fourth-order valence-electron chi connectivity index (χ4n) is 1.78. The van der Waals surface area contributed by atoms with E-state index < -0.39 is 0 Å². The van der Waals surface area contributed by atoms with Crippen LogP contribution in [0.2, 0.25) is 0 Å². The zero-order valence-electron chi connectivity index (χ0n) is 11.9. The molecule has 0 aromatic heterocycles. The van der Waals surface area contributed by atoms with Crippen LogP contribution in [0.1, 0.15) is 39.2 Å². The van der Waals surface area contributed by atoms with Crippen LogP contribution in [0.5, 0.6) is 17.2 Å². The molecular formula is C14H21NO4. The van der Waals surface area contributed by atoms with Crippen molar-refractivity contribution in [2.75, 3.05) is 12.4 Å². The van der Waals surface area contributed by atoms with Crippen molar-refractivity contribution in [2.45, 2.75) is 33.6 Å². The van der Waals surface area contributed by atoms with Gasteiger partial charge in [0.1, 0.15) is 5.75 Å². The molecule has 0 radical (unpaired) electrons. The molecular weight excluding hydrogens is 246 g/mol. The normalized spacial score (nSPS) is 10.9. The van der Waals surface area contributed by atoms with Crippen molar-refractivity contribution in [1.82, 2.24) is 0 Å². The van der Waals surface area contributed by atoms with Gasteiger partial charge in [0.2, 0.25) is 5.91 Å². The molecule has 0 spiro atoms. The van der Waals surface area contributed by atoms with Crippen molar-refractivity contribution in [2.24, 2.45) is 5.92 Å². The molecule has 1 amide bonds. The number of rotatable bonds is 4. The Kier molecular flexibility index (Phi) is 4.64. The number of hydrogen-bond donors (Lipinski definition) is 3. The molecule has 3 N–H and O–H groups in total. The summed E-state index contributed by atoms with van der Waals surface area (Å²) < 4.78 is 5.10. The van der Waals surface area contributed by atoms with Crippen LogP contribution >= 0.6 is 0 Å². The van der Waals surface area contributed by atoms with Crippen LogP contribution < -0.4 is 10.1 Å². The number of carbonyl (C=O) groups is 1. The van der Waals surface area contributed by atoms with E-state index in [2.05, 4.69) is 5.32 Å². The summed E-state index contributed by atoms with van der Waals surface area (Å²) in [5.41, 5.74) is 0.669. The summed E-state index contributed by atoms with van der Waals surface area (Å²) in [4.78, 5) is 11.7. The monoisotopic (exact) mass is 267 g/mol. The second-order valence-electron chi connectivity index (χ2n) is 5.04. The number of phenols is 2. The number of ether oxygens (including phenoxy) is 1. The summed E-state index contributed by atoms with van der Waals surface area (Å²) in [5, 5.41) is 22.7. The molecule has 19 heavy (non-hydrogen) atoms. The molecule has 0 heterocycles. The van der Waals surface area contributed by atoms with E-state index in [1.807, 2.05) is 13.8 Å². The number of methoxy groups -OCH3 is 1. The molecule has 5 nitrogen and oxygen atoms in total. The van der Waals surface area contributed by atoms with Crippen molar-refractivity contribution in [3.8, 4) is 17.2 Å². The van der Waals surface area contributed by atoms with E-state index in [0.717, 1.165) is 0 Å². The number of nitrogens with one attached hydrogen (secondary N) is 1. The maximum absolute atomic E-state index is 11.7. The first-order chi connectivity index (χ1) is 8.79. The van der Waals surface area contributed by atoms with Gasteiger partial charge in [-0.25, -0.2) is 0 Å². The third-order valence-electron chi connectivity index (χ3n) is 2.83. The minimum Gasteiger partial charge on any atom is -0.505 e. The van der Waals surface area contributed by atoms with E-state index in [4.69, 9.17) is 4.74 Å². The van der Waals surface area contributed by atoms with Gasteiger partial charge in [0, 0.05) is 17.5 Å².